The van der Waals surface area contributed by atoms with Gasteiger partial charge in [0, 0.05) is 12.0 Å². The highest BCUT2D eigenvalue weighted by molar-refractivity contribution is 5.44. The topological polar surface area (TPSA) is 9.23 Å². The van der Waals surface area contributed by atoms with Crippen molar-refractivity contribution in [1.82, 2.24) is 0 Å². The van der Waals surface area contributed by atoms with Crippen molar-refractivity contribution in [3.8, 4) is 5.75 Å². The summed E-state index contributed by atoms with van der Waals surface area (Å²) in [6, 6.07) is 3.39. The average molecular weight is 180 g/mol. The lowest BCUT2D eigenvalue weighted by atomic mass is 10.0. The molecule has 0 saturated heterocycles. The van der Waals surface area contributed by atoms with E-state index in [4.69, 9.17) is 4.74 Å². The molecular formula is C11H13FO. The minimum atomic E-state index is -0.118. The van der Waals surface area contributed by atoms with E-state index in [9.17, 15) is 4.39 Å². The van der Waals surface area contributed by atoms with E-state index in [1.165, 1.54) is 0 Å². The second kappa shape index (κ2) is 3.36. The van der Waals surface area contributed by atoms with Gasteiger partial charge in [0.15, 0.2) is 0 Å². The molecule has 0 spiro atoms. The zero-order valence-corrected chi connectivity index (χ0v) is 7.77. The molecule has 0 saturated carbocycles. The molecule has 0 N–H and O–H groups in total. The van der Waals surface area contributed by atoms with Crippen molar-refractivity contribution in [2.75, 3.05) is 6.61 Å². The summed E-state index contributed by atoms with van der Waals surface area (Å²) in [5.41, 5.74) is 1.92. The third-order valence-corrected chi connectivity index (χ3v) is 2.40. The second-order valence-corrected chi connectivity index (χ2v) is 3.36. The lowest BCUT2D eigenvalue weighted by Gasteiger charge is -2.06. The van der Waals surface area contributed by atoms with Crippen molar-refractivity contribution in [3.05, 3.63) is 29.1 Å². The minimum absolute atomic E-state index is 0.118. The molecule has 0 aliphatic carbocycles. The first kappa shape index (κ1) is 8.54. The molecule has 2 rings (SSSR count). The van der Waals surface area contributed by atoms with Gasteiger partial charge in [0.05, 0.1) is 6.61 Å². The van der Waals surface area contributed by atoms with E-state index in [1.807, 2.05) is 6.07 Å². The molecule has 0 amide bonds. The highest BCUT2D eigenvalue weighted by Gasteiger charge is 2.19. The maximum Gasteiger partial charge on any atom is 0.130 e. The Bertz CT molecular complexity index is 320. The van der Waals surface area contributed by atoms with Crippen LogP contribution in [-0.4, -0.2) is 6.61 Å². The molecule has 0 fully saturated rings. The van der Waals surface area contributed by atoms with Gasteiger partial charge < -0.3 is 4.74 Å². The summed E-state index contributed by atoms with van der Waals surface area (Å²) in [5, 5.41) is 0. The van der Waals surface area contributed by atoms with Crippen LogP contribution in [0.1, 0.15) is 24.5 Å². The highest BCUT2D eigenvalue weighted by atomic mass is 19.1. The molecule has 1 aliphatic heterocycles. The van der Waals surface area contributed by atoms with Crippen molar-refractivity contribution in [3.63, 3.8) is 0 Å². The Hall–Kier alpha value is -1.05. The smallest absolute Gasteiger partial charge is 0.130 e. The number of benzene rings is 1. The largest absolute Gasteiger partial charge is 0.493 e. The maximum atomic E-state index is 13.2. The monoisotopic (exact) mass is 180 g/mol. The zero-order valence-electron chi connectivity index (χ0n) is 7.77. The van der Waals surface area contributed by atoms with Gasteiger partial charge in [0.1, 0.15) is 11.6 Å². The summed E-state index contributed by atoms with van der Waals surface area (Å²) < 4.78 is 18.7. The van der Waals surface area contributed by atoms with Gasteiger partial charge in [-0.3, -0.25) is 0 Å². The maximum absolute atomic E-state index is 13.2. The lowest BCUT2D eigenvalue weighted by Crippen LogP contribution is -1.92. The van der Waals surface area contributed by atoms with Crippen molar-refractivity contribution in [2.24, 2.45) is 0 Å². The molecule has 13 heavy (non-hydrogen) atoms. The number of halogens is 1. The molecule has 70 valence electrons. The Labute approximate surface area is 77.5 Å². The SMILES string of the molecule is CCCc1ccc(F)c2c1OCC2. The van der Waals surface area contributed by atoms with Crippen LogP contribution in [0.3, 0.4) is 0 Å². The predicted molar refractivity (Wildman–Crippen MR) is 49.6 cm³/mol. The number of ether oxygens (including phenoxy) is 1. The van der Waals surface area contributed by atoms with Gasteiger partial charge in [-0.15, -0.1) is 0 Å². The molecule has 1 aliphatic rings. The number of fused-ring (bicyclic) bond motifs is 1. The molecular weight excluding hydrogens is 167 g/mol. The summed E-state index contributed by atoms with van der Waals surface area (Å²) in [5.74, 6) is 0.689. The van der Waals surface area contributed by atoms with Crippen LogP contribution < -0.4 is 4.74 Å². The fourth-order valence-electron chi connectivity index (χ4n) is 1.79. The quantitative estimate of drug-likeness (QED) is 0.680. The van der Waals surface area contributed by atoms with E-state index < -0.39 is 0 Å². The van der Waals surface area contributed by atoms with Gasteiger partial charge in [-0.1, -0.05) is 19.4 Å². The van der Waals surface area contributed by atoms with Crippen molar-refractivity contribution < 1.29 is 9.13 Å². The third-order valence-electron chi connectivity index (χ3n) is 2.40. The number of hydrogen-bond acceptors (Lipinski definition) is 1. The average Bonchev–Trinajstić information content (AvgIpc) is 2.59. The predicted octanol–water partition coefficient (Wildman–Crippen LogP) is 2.71. The van der Waals surface area contributed by atoms with Gasteiger partial charge >= 0.3 is 0 Å². The van der Waals surface area contributed by atoms with Gasteiger partial charge in [0.25, 0.3) is 0 Å². The van der Waals surface area contributed by atoms with Crippen molar-refractivity contribution >= 4 is 0 Å². The molecule has 1 nitrogen and oxygen atoms in total. The normalized spacial score (nSPS) is 14.0. The zero-order chi connectivity index (χ0) is 9.26. The van der Waals surface area contributed by atoms with E-state index in [0.29, 0.717) is 6.61 Å². The fraction of sp³-hybridized carbons (Fsp3) is 0.455. The van der Waals surface area contributed by atoms with Gasteiger partial charge in [-0.2, -0.15) is 0 Å². The Morgan fingerprint density at radius 1 is 1.46 bits per heavy atom. The van der Waals surface area contributed by atoms with Crippen LogP contribution in [0.25, 0.3) is 0 Å². The van der Waals surface area contributed by atoms with Crippen LogP contribution >= 0.6 is 0 Å². The highest BCUT2D eigenvalue weighted by Crippen LogP contribution is 2.32. The van der Waals surface area contributed by atoms with Crippen LogP contribution in [0.4, 0.5) is 4.39 Å². The van der Waals surface area contributed by atoms with Crippen LogP contribution in [0.2, 0.25) is 0 Å². The molecule has 2 heteroatoms. The van der Waals surface area contributed by atoms with E-state index in [2.05, 4.69) is 6.92 Å². The minimum Gasteiger partial charge on any atom is -0.493 e. The first-order valence-corrected chi connectivity index (χ1v) is 4.76. The van der Waals surface area contributed by atoms with Crippen LogP contribution in [0.15, 0.2) is 12.1 Å². The molecule has 1 aromatic rings. The van der Waals surface area contributed by atoms with Gasteiger partial charge in [-0.05, 0) is 18.1 Å². The van der Waals surface area contributed by atoms with E-state index in [-0.39, 0.29) is 5.82 Å². The van der Waals surface area contributed by atoms with Gasteiger partial charge in [0.2, 0.25) is 0 Å². The molecule has 1 aromatic carbocycles. The van der Waals surface area contributed by atoms with Crippen LogP contribution in [0.5, 0.6) is 5.75 Å². The van der Waals surface area contributed by atoms with E-state index in [1.54, 1.807) is 6.07 Å². The number of hydrogen-bond donors (Lipinski definition) is 0. The fourth-order valence-corrected chi connectivity index (χ4v) is 1.79. The third kappa shape index (κ3) is 1.41. The van der Waals surface area contributed by atoms with Gasteiger partial charge in [-0.25, -0.2) is 4.39 Å². The Balaban J connectivity index is 2.43. The van der Waals surface area contributed by atoms with Crippen molar-refractivity contribution in [2.45, 2.75) is 26.2 Å². The number of rotatable bonds is 2. The molecule has 0 aromatic heterocycles. The summed E-state index contributed by atoms with van der Waals surface area (Å²) in [4.78, 5) is 0. The molecule has 0 atom stereocenters. The van der Waals surface area contributed by atoms with E-state index >= 15 is 0 Å². The molecule has 0 bridgehead atoms. The lowest BCUT2D eigenvalue weighted by molar-refractivity contribution is 0.353. The second-order valence-electron chi connectivity index (χ2n) is 3.36. The first-order chi connectivity index (χ1) is 6.33. The summed E-state index contributed by atoms with van der Waals surface area (Å²) in [7, 11) is 0. The van der Waals surface area contributed by atoms with Crippen LogP contribution in [0, 0.1) is 5.82 Å². The van der Waals surface area contributed by atoms with E-state index in [0.717, 1.165) is 36.1 Å². The summed E-state index contributed by atoms with van der Waals surface area (Å²) >= 11 is 0. The molecule has 1 heterocycles. The Morgan fingerprint density at radius 3 is 3.08 bits per heavy atom. The molecule has 0 radical (unpaired) electrons. The van der Waals surface area contributed by atoms with Crippen molar-refractivity contribution in [1.29, 1.82) is 0 Å². The molecule has 0 unspecified atom stereocenters. The first-order valence-electron chi connectivity index (χ1n) is 4.76. The van der Waals surface area contributed by atoms with Crippen LogP contribution in [-0.2, 0) is 12.8 Å². The summed E-state index contributed by atoms with van der Waals surface area (Å²) in [6.07, 6.45) is 2.77. The summed E-state index contributed by atoms with van der Waals surface area (Å²) in [6.45, 7) is 2.75. The standard InChI is InChI=1S/C11H13FO/c1-2-3-8-4-5-10(12)9-6-7-13-11(8)9/h4-5H,2-3,6-7H2,1H3. The Kier molecular flexibility index (Phi) is 2.21. The Morgan fingerprint density at radius 2 is 2.31 bits per heavy atom. The number of aryl methyl sites for hydroxylation is 1.